The van der Waals surface area contributed by atoms with E-state index in [-0.39, 0.29) is 33.0 Å². The Morgan fingerprint density at radius 1 is 1.00 bits per heavy atom. The van der Waals surface area contributed by atoms with Crippen LogP contribution in [0.5, 0.6) is 0 Å². The molecule has 198 valence electrons. The number of hydrogen-bond donors (Lipinski definition) is 1. The molecular weight excluding hydrogens is 444 g/mol. The Morgan fingerprint density at radius 3 is 2.44 bits per heavy atom. The first-order valence-electron chi connectivity index (χ1n) is 14.6. The van der Waals surface area contributed by atoms with Crippen LogP contribution in [-0.2, 0) is 21.4 Å². The molecule has 1 aromatic heterocycles. The van der Waals surface area contributed by atoms with Crippen LogP contribution in [0.15, 0.2) is 18.3 Å². The lowest BCUT2D eigenvalue weighted by Gasteiger charge is -2.72. The van der Waals surface area contributed by atoms with E-state index in [1.165, 1.54) is 42.5 Å². The van der Waals surface area contributed by atoms with Crippen molar-refractivity contribution in [2.75, 3.05) is 7.11 Å². The molecule has 0 saturated heterocycles. The van der Waals surface area contributed by atoms with Gasteiger partial charge in [0.2, 0.25) is 0 Å². The summed E-state index contributed by atoms with van der Waals surface area (Å²) in [6.07, 6.45) is 12.6. The number of aromatic amines is 1. The number of methoxy groups -OCH3 is 1. The van der Waals surface area contributed by atoms with E-state index >= 15 is 0 Å². The zero-order chi connectivity index (χ0) is 25.9. The van der Waals surface area contributed by atoms with E-state index in [4.69, 9.17) is 4.74 Å². The molecule has 1 heterocycles. The lowest BCUT2D eigenvalue weighted by Crippen LogP contribution is -2.66. The number of allylic oxidation sites excluding steroid dienone is 1. The minimum absolute atomic E-state index is 0.0581. The Kier molecular flexibility index (Phi) is 5.16. The highest BCUT2D eigenvalue weighted by atomic mass is 16.5. The highest BCUT2D eigenvalue weighted by Crippen LogP contribution is 2.77. The summed E-state index contributed by atoms with van der Waals surface area (Å²) in [4.78, 5) is 13.4. The number of rotatable bonds is 2. The molecule has 1 N–H and O–H groups in total. The Hall–Kier alpha value is -1.58. The summed E-state index contributed by atoms with van der Waals surface area (Å²) >= 11 is 0. The molecule has 0 amide bonds. The van der Waals surface area contributed by atoms with Crippen molar-refractivity contribution in [1.29, 1.82) is 0 Å². The van der Waals surface area contributed by atoms with Crippen molar-refractivity contribution in [2.24, 2.45) is 51.2 Å². The quantitative estimate of drug-likeness (QED) is 0.349. The van der Waals surface area contributed by atoms with Crippen LogP contribution in [-0.4, -0.2) is 23.3 Å². The largest absolute Gasteiger partial charge is 0.469 e. The third-order valence-corrected chi connectivity index (χ3v) is 13.7. The zero-order valence-electron chi connectivity index (χ0n) is 23.8. The summed E-state index contributed by atoms with van der Waals surface area (Å²) in [5.74, 6) is 2.82. The van der Waals surface area contributed by atoms with Crippen LogP contribution in [0, 0.1) is 51.2 Å². The minimum Gasteiger partial charge on any atom is -0.469 e. The number of nitrogens with one attached hydrogen (secondary N) is 1. The van der Waals surface area contributed by atoms with Crippen LogP contribution in [0.3, 0.4) is 0 Å². The van der Waals surface area contributed by atoms with Gasteiger partial charge in [-0.15, -0.1) is 0 Å². The average molecular weight is 493 g/mol. The second-order valence-corrected chi connectivity index (χ2v) is 15.0. The highest BCUT2D eigenvalue weighted by Gasteiger charge is 2.72. The van der Waals surface area contributed by atoms with Crippen molar-refractivity contribution in [3.63, 3.8) is 0 Å². The van der Waals surface area contributed by atoms with Gasteiger partial charge in [0.25, 0.3) is 0 Å². The third kappa shape index (κ3) is 2.72. The van der Waals surface area contributed by atoms with E-state index in [1.54, 1.807) is 7.11 Å². The first kappa shape index (κ1) is 24.7. The Morgan fingerprint density at radius 2 is 1.75 bits per heavy atom. The van der Waals surface area contributed by atoms with Crippen LogP contribution in [0.2, 0.25) is 0 Å². The van der Waals surface area contributed by atoms with Gasteiger partial charge in [-0.05, 0) is 116 Å². The lowest BCUT2D eigenvalue weighted by molar-refractivity contribution is -0.228. The molecule has 0 aliphatic heterocycles. The van der Waals surface area contributed by atoms with Crippen molar-refractivity contribution in [1.82, 2.24) is 10.2 Å². The van der Waals surface area contributed by atoms with Gasteiger partial charge in [0.15, 0.2) is 0 Å². The van der Waals surface area contributed by atoms with Crippen molar-refractivity contribution in [3.8, 4) is 0 Å². The van der Waals surface area contributed by atoms with E-state index in [2.05, 4.69) is 64.5 Å². The van der Waals surface area contributed by atoms with Gasteiger partial charge in [0.1, 0.15) is 0 Å². The first-order valence-corrected chi connectivity index (χ1v) is 14.6. The van der Waals surface area contributed by atoms with Crippen LogP contribution in [0.25, 0.3) is 0 Å². The number of aromatic nitrogens is 2. The standard InChI is InChI=1S/C32H48N2O2/c1-19(2)21-11-14-32(27(35)36-8)16-15-30(6)22(25(21)32)9-10-24-29(5)17-20-18-33-34-26(20)28(3,4)23(29)12-13-31(24,30)7/h18,21-25H,1,9-17H2,2-8H3,(H,33,34)/t21-,22+,23-,24+,25+,29-,30+,31+,32-/m0/s1. The maximum atomic E-state index is 13.4. The van der Waals surface area contributed by atoms with E-state index in [0.717, 1.165) is 32.1 Å². The molecular formula is C32H48N2O2. The van der Waals surface area contributed by atoms with Crippen LogP contribution < -0.4 is 0 Å². The summed E-state index contributed by atoms with van der Waals surface area (Å²) in [5.41, 5.74) is 4.73. The van der Waals surface area contributed by atoms with Gasteiger partial charge >= 0.3 is 5.97 Å². The van der Waals surface area contributed by atoms with Gasteiger partial charge in [0, 0.05) is 11.1 Å². The fraction of sp³-hybridized carbons (Fsp3) is 0.812. The van der Waals surface area contributed by atoms with Crippen LogP contribution in [0.4, 0.5) is 0 Å². The van der Waals surface area contributed by atoms with Gasteiger partial charge in [-0.25, -0.2) is 0 Å². The predicted octanol–water partition coefficient (Wildman–Crippen LogP) is 7.25. The maximum absolute atomic E-state index is 13.4. The number of ether oxygens (including phenoxy) is 1. The number of carbonyl (C=O) groups is 1. The number of esters is 1. The number of H-pyrrole nitrogens is 1. The Labute approximate surface area is 218 Å². The van der Waals surface area contributed by atoms with Crippen LogP contribution in [0.1, 0.15) is 104 Å². The summed E-state index contributed by atoms with van der Waals surface area (Å²) in [6, 6.07) is 0. The van der Waals surface area contributed by atoms with Crippen molar-refractivity contribution in [3.05, 3.63) is 29.6 Å². The van der Waals surface area contributed by atoms with Crippen molar-refractivity contribution < 1.29 is 9.53 Å². The summed E-state index contributed by atoms with van der Waals surface area (Å²) in [6.45, 7) is 19.5. The highest BCUT2D eigenvalue weighted by molar-refractivity contribution is 5.78. The molecule has 4 nitrogen and oxygen atoms in total. The second-order valence-electron chi connectivity index (χ2n) is 15.0. The van der Waals surface area contributed by atoms with E-state index in [1.807, 2.05) is 0 Å². The molecule has 5 aliphatic carbocycles. The summed E-state index contributed by atoms with van der Waals surface area (Å²) in [7, 11) is 1.60. The monoisotopic (exact) mass is 492 g/mol. The molecule has 0 spiro atoms. The Balaban J connectivity index is 1.43. The van der Waals surface area contributed by atoms with Crippen molar-refractivity contribution in [2.45, 2.75) is 105 Å². The molecule has 4 heteroatoms. The smallest absolute Gasteiger partial charge is 0.312 e. The minimum atomic E-state index is -0.300. The molecule has 4 fully saturated rings. The number of carbonyl (C=O) groups excluding carboxylic acids is 1. The maximum Gasteiger partial charge on any atom is 0.312 e. The predicted molar refractivity (Wildman–Crippen MR) is 143 cm³/mol. The number of hydrogen-bond acceptors (Lipinski definition) is 3. The fourth-order valence-corrected chi connectivity index (χ4v) is 12.1. The summed E-state index contributed by atoms with van der Waals surface area (Å²) in [5, 5.41) is 7.90. The van der Waals surface area contributed by atoms with Crippen LogP contribution >= 0.6 is 0 Å². The molecule has 4 saturated carbocycles. The molecule has 6 rings (SSSR count). The molecule has 0 aromatic carbocycles. The van der Waals surface area contributed by atoms with Gasteiger partial charge in [0.05, 0.1) is 18.7 Å². The van der Waals surface area contributed by atoms with Gasteiger partial charge in [-0.3, -0.25) is 9.89 Å². The van der Waals surface area contributed by atoms with Crippen molar-refractivity contribution >= 4 is 5.97 Å². The second kappa shape index (κ2) is 7.50. The third-order valence-electron chi connectivity index (χ3n) is 13.7. The van der Waals surface area contributed by atoms with E-state index in [9.17, 15) is 4.79 Å². The molecule has 5 aliphatic rings. The SMILES string of the molecule is C=C(C)[C@@H]1CC[C@]2(C(=O)OC)CC[C@]3(C)[C@H](CC[C@@H]4[C@@]5(C)Cc6cn[nH]c6C(C)(C)[C@@H]5CC[C@]43C)[C@@H]12. The normalized spacial score (nSPS) is 48.6. The summed E-state index contributed by atoms with van der Waals surface area (Å²) < 4.78 is 5.52. The topological polar surface area (TPSA) is 55.0 Å². The molecule has 1 aromatic rings. The molecule has 0 bridgehead atoms. The molecule has 0 unspecified atom stereocenters. The lowest BCUT2D eigenvalue weighted by atomic mass is 9.32. The molecule has 36 heavy (non-hydrogen) atoms. The number of nitrogens with zero attached hydrogens (tertiary/aromatic N) is 1. The zero-order valence-corrected chi connectivity index (χ0v) is 23.8. The van der Waals surface area contributed by atoms with Gasteiger partial charge in [-0.2, -0.15) is 5.10 Å². The molecule has 9 atom stereocenters. The van der Waals surface area contributed by atoms with Gasteiger partial charge in [-0.1, -0.05) is 46.8 Å². The van der Waals surface area contributed by atoms with Gasteiger partial charge < -0.3 is 4.74 Å². The van der Waals surface area contributed by atoms with E-state index < -0.39 is 0 Å². The first-order chi connectivity index (χ1) is 16.9. The fourth-order valence-electron chi connectivity index (χ4n) is 12.1. The molecule has 0 radical (unpaired) electrons. The average Bonchev–Trinajstić information content (AvgIpc) is 3.44. The Bertz CT molecular complexity index is 1100. The number of fused-ring (bicyclic) bond motifs is 8. The van der Waals surface area contributed by atoms with E-state index in [0.29, 0.717) is 29.6 Å².